The van der Waals surface area contributed by atoms with E-state index in [4.69, 9.17) is 4.74 Å². The summed E-state index contributed by atoms with van der Waals surface area (Å²) in [6.45, 7) is 0.138. The summed E-state index contributed by atoms with van der Waals surface area (Å²) < 4.78 is 58.2. The molecule has 0 atom stereocenters. The van der Waals surface area contributed by atoms with Gasteiger partial charge < -0.3 is 15.4 Å². The topological polar surface area (TPSA) is 85.2 Å². The Labute approximate surface area is 180 Å². The number of benzene rings is 2. The predicted molar refractivity (Wildman–Crippen MR) is 106 cm³/mol. The Bertz CT molecular complexity index is 1110. The lowest BCUT2D eigenvalue weighted by atomic mass is 10.1. The quantitative estimate of drug-likeness (QED) is 0.539. The molecular formula is C21H18F4N4O3. The summed E-state index contributed by atoms with van der Waals surface area (Å²) in [5.74, 6) is -1.78. The van der Waals surface area contributed by atoms with Crippen molar-refractivity contribution in [2.45, 2.75) is 19.3 Å². The number of carbonyl (C=O) groups is 2. The second kappa shape index (κ2) is 9.50. The average Bonchev–Trinajstić information content (AvgIpc) is 3.18. The molecule has 0 unspecified atom stereocenters. The molecule has 1 aromatic heterocycles. The minimum Gasteiger partial charge on any atom is -0.497 e. The highest BCUT2D eigenvalue weighted by molar-refractivity contribution is 6.04. The van der Waals surface area contributed by atoms with Gasteiger partial charge >= 0.3 is 6.18 Å². The van der Waals surface area contributed by atoms with Gasteiger partial charge in [0.25, 0.3) is 5.91 Å². The maximum atomic E-state index is 13.5. The van der Waals surface area contributed by atoms with Crippen molar-refractivity contribution in [3.63, 3.8) is 0 Å². The first-order chi connectivity index (χ1) is 15.1. The molecule has 0 aliphatic carbocycles. The number of hydrogen-bond donors (Lipinski definition) is 2. The van der Waals surface area contributed by atoms with Crippen LogP contribution in [-0.2, 0) is 24.1 Å². The Balaban J connectivity index is 1.56. The van der Waals surface area contributed by atoms with E-state index in [2.05, 4.69) is 15.7 Å². The van der Waals surface area contributed by atoms with E-state index >= 15 is 0 Å². The summed E-state index contributed by atoms with van der Waals surface area (Å²) in [6, 6.07) is 8.69. The summed E-state index contributed by atoms with van der Waals surface area (Å²) in [6.07, 6.45) is -2.24. The molecule has 2 amide bonds. The Morgan fingerprint density at radius 2 is 1.84 bits per heavy atom. The van der Waals surface area contributed by atoms with Gasteiger partial charge in [0, 0.05) is 18.3 Å². The van der Waals surface area contributed by atoms with Crippen molar-refractivity contribution in [1.82, 2.24) is 15.1 Å². The third-order valence-corrected chi connectivity index (χ3v) is 4.33. The van der Waals surface area contributed by atoms with Crippen molar-refractivity contribution < 1.29 is 31.9 Å². The molecule has 0 fully saturated rings. The maximum Gasteiger partial charge on any atom is 0.416 e. The average molecular weight is 450 g/mol. The van der Waals surface area contributed by atoms with Crippen LogP contribution in [0.5, 0.6) is 5.75 Å². The van der Waals surface area contributed by atoms with Crippen molar-refractivity contribution in [1.29, 1.82) is 0 Å². The van der Waals surface area contributed by atoms with Gasteiger partial charge in [0.05, 0.1) is 24.6 Å². The van der Waals surface area contributed by atoms with Crippen LogP contribution in [-0.4, -0.2) is 28.7 Å². The van der Waals surface area contributed by atoms with Gasteiger partial charge in [-0.2, -0.15) is 18.3 Å². The van der Waals surface area contributed by atoms with Gasteiger partial charge in [-0.1, -0.05) is 12.1 Å². The first-order valence-electron chi connectivity index (χ1n) is 9.25. The second-order valence-corrected chi connectivity index (χ2v) is 6.73. The van der Waals surface area contributed by atoms with E-state index in [1.54, 1.807) is 31.4 Å². The molecular weight excluding hydrogens is 432 g/mol. The van der Waals surface area contributed by atoms with Crippen LogP contribution < -0.4 is 15.4 Å². The van der Waals surface area contributed by atoms with E-state index in [9.17, 15) is 27.2 Å². The number of halogens is 4. The number of carbonyl (C=O) groups excluding carboxylic acids is 2. The zero-order valence-electron chi connectivity index (χ0n) is 16.7. The summed E-state index contributed by atoms with van der Waals surface area (Å²) >= 11 is 0. The Morgan fingerprint density at radius 3 is 2.50 bits per heavy atom. The van der Waals surface area contributed by atoms with E-state index in [-0.39, 0.29) is 24.7 Å². The van der Waals surface area contributed by atoms with Crippen LogP contribution in [0, 0.1) is 5.82 Å². The Morgan fingerprint density at radius 1 is 1.12 bits per heavy atom. The van der Waals surface area contributed by atoms with Crippen LogP contribution in [0.4, 0.5) is 23.2 Å². The number of aromatic nitrogens is 2. The molecule has 32 heavy (non-hydrogen) atoms. The first kappa shape index (κ1) is 22.8. The van der Waals surface area contributed by atoms with Crippen LogP contribution in [0.25, 0.3) is 0 Å². The molecule has 2 N–H and O–H groups in total. The molecule has 3 rings (SSSR count). The van der Waals surface area contributed by atoms with Gasteiger partial charge in [0.15, 0.2) is 0 Å². The van der Waals surface area contributed by atoms with Crippen LogP contribution in [0.2, 0.25) is 0 Å². The lowest BCUT2D eigenvalue weighted by Crippen LogP contribution is -2.27. The van der Waals surface area contributed by atoms with Gasteiger partial charge in [0.1, 0.15) is 18.1 Å². The summed E-state index contributed by atoms with van der Waals surface area (Å²) in [7, 11) is 1.55. The molecule has 0 radical (unpaired) electrons. The van der Waals surface area contributed by atoms with E-state index in [0.717, 1.165) is 5.56 Å². The van der Waals surface area contributed by atoms with Gasteiger partial charge in [-0.05, 0) is 35.9 Å². The fourth-order valence-electron chi connectivity index (χ4n) is 2.75. The van der Waals surface area contributed by atoms with Crippen molar-refractivity contribution in [2.75, 3.05) is 12.4 Å². The van der Waals surface area contributed by atoms with Gasteiger partial charge in [-0.15, -0.1) is 0 Å². The molecule has 0 saturated heterocycles. The molecule has 0 bridgehead atoms. The zero-order valence-corrected chi connectivity index (χ0v) is 16.7. The van der Waals surface area contributed by atoms with E-state index in [0.29, 0.717) is 23.9 Å². The molecule has 7 nitrogen and oxygen atoms in total. The Hall–Kier alpha value is -3.89. The largest absolute Gasteiger partial charge is 0.497 e. The predicted octanol–water partition coefficient (Wildman–Crippen LogP) is 3.62. The van der Waals surface area contributed by atoms with Gasteiger partial charge in [0.2, 0.25) is 5.91 Å². The highest BCUT2D eigenvalue weighted by Crippen LogP contribution is 2.30. The molecule has 0 spiro atoms. The smallest absolute Gasteiger partial charge is 0.416 e. The number of ether oxygens (including phenoxy) is 1. The normalized spacial score (nSPS) is 11.2. The number of anilines is 1. The molecule has 0 aliphatic rings. The zero-order chi connectivity index (χ0) is 23.3. The monoisotopic (exact) mass is 450 g/mol. The van der Waals surface area contributed by atoms with E-state index in [1.165, 1.54) is 17.1 Å². The summed E-state index contributed by atoms with van der Waals surface area (Å²) in [5, 5.41) is 8.96. The third kappa shape index (κ3) is 6.06. The summed E-state index contributed by atoms with van der Waals surface area (Å²) in [5.41, 5.74) is -0.772. The summed E-state index contributed by atoms with van der Waals surface area (Å²) in [4.78, 5) is 24.3. The van der Waals surface area contributed by atoms with Crippen LogP contribution in [0.1, 0.15) is 21.5 Å². The lowest BCUT2D eigenvalue weighted by molar-refractivity contribution is -0.137. The second-order valence-electron chi connectivity index (χ2n) is 6.73. The number of hydrogen-bond acceptors (Lipinski definition) is 4. The van der Waals surface area contributed by atoms with Crippen molar-refractivity contribution in [3.05, 3.63) is 77.4 Å². The number of alkyl halides is 3. The number of nitrogens with one attached hydrogen (secondary N) is 2. The molecule has 2 aromatic carbocycles. The standard InChI is InChI=1S/C21H18F4N4O3/c1-32-18-4-2-13(3-5-18)9-26-19(30)12-29-11-17(10-27-29)28-20(31)14-6-15(21(23,24)25)8-16(22)7-14/h2-8,10-11H,9,12H2,1H3,(H,26,30)(H,28,31). The number of amides is 2. The van der Waals surface area contributed by atoms with Gasteiger partial charge in [-0.3, -0.25) is 14.3 Å². The molecule has 168 valence electrons. The van der Waals surface area contributed by atoms with Crippen LogP contribution in [0.3, 0.4) is 0 Å². The van der Waals surface area contributed by atoms with E-state index < -0.39 is 29.0 Å². The highest BCUT2D eigenvalue weighted by Gasteiger charge is 2.32. The molecule has 0 saturated carbocycles. The lowest BCUT2D eigenvalue weighted by Gasteiger charge is -2.09. The SMILES string of the molecule is COc1ccc(CNC(=O)Cn2cc(NC(=O)c3cc(F)cc(C(F)(F)F)c3)cn2)cc1. The molecule has 0 aliphatic heterocycles. The molecule has 1 heterocycles. The van der Waals surface area contributed by atoms with Crippen molar-refractivity contribution in [3.8, 4) is 5.75 Å². The highest BCUT2D eigenvalue weighted by atomic mass is 19.4. The number of rotatable bonds is 7. The number of methoxy groups -OCH3 is 1. The third-order valence-electron chi connectivity index (χ3n) is 4.33. The van der Waals surface area contributed by atoms with Crippen LogP contribution >= 0.6 is 0 Å². The van der Waals surface area contributed by atoms with Crippen molar-refractivity contribution in [2.24, 2.45) is 0 Å². The molecule has 3 aromatic rings. The minimum absolute atomic E-state index is 0.135. The minimum atomic E-state index is -4.79. The first-order valence-corrected chi connectivity index (χ1v) is 9.25. The van der Waals surface area contributed by atoms with Crippen LogP contribution in [0.15, 0.2) is 54.9 Å². The Kier molecular flexibility index (Phi) is 6.76. The fraction of sp³-hybridized carbons (Fsp3) is 0.190. The fourth-order valence-corrected chi connectivity index (χ4v) is 2.75. The van der Waals surface area contributed by atoms with Crippen molar-refractivity contribution >= 4 is 17.5 Å². The van der Waals surface area contributed by atoms with Gasteiger partial charge in [-0.25, -0.2) is 4.39 Å². The van der Waals surface area contributed by atoms with E-state index in [1.807, 2.05) is 0 Å². The molecule has 11 heteroatoms. The maximum absolute atomic E-state index is 13.5. The number of nitrogens with zero attached hydrogens (tertiary/aromatic N) is 2.